The summed E-state index contributed by atoms with van der Waals surface area (Å²) in [4.78, 5) is 13.4. The molecule has 0 bridgehead atoms. The molecule has 1 atom stereocenters. The molecule has 0 saturated carbocycles. The molecular weight excluding hydrogens is 252 g/mol. The summed E-state index contributed by atoms with van der Waals surface area (Å²) < 4.78 is 26.7. The molecule has 102 valence electrons. The predicted molar refractivity (Wildman–Crippen MR) is 67.2 cm³/mol. The predicted octanol–water partition coefficient (Wildman–Crippen LogP) is 1.82. The number of hydrogen-bond donors (Lipinski definition) is 1. The average Bonchev–Trinajstić information content (AvgIpc) is 2.86. The monoisotopic (exact) mass is 267 g/mol. The first-order valence-corrected chi connectivity index (χ1v) is 6.13. The molecule has 3 nitrogen and oxygen atoms in total. The van der Waals surface area contributed by atoms with Gasteiger partial charge in [-0.1, -0.05) is 6.07 Å². The van der Waals surface area contributed by atoms with E-state index in [1.54, 1.807) is 4.90 Å². The molecule has 0 aromatic heterocycles. The number of benzene rings is 1. The maximum absolute atomic E-state index is 13.3. The van der Waals surface area contributed by atoms with Gasteiger partial charge >= 0.3 is 0 Å². The highest BCUT2D eigenvalue weighted by Gasteiger charge is 2.24. The lowest BCUT2D eigenvalue weighted by Gasteiger charge is -2.13. The summed E-state index contributed by atoms with van der Waals surface area (Å²) in [7, 11) is 0. The number of likely N-dealkylation sites (tertiary alicyclic amines) is 1. The fourth-order valence-electron chi connectivity index (χ4n) is 2.11. The van der Waals surface area contributed by atoms with Crippen molar-refractivity contribution in [2.75, 3.05) is 19.7 Å². The second-order valence-corrected chi connectivity index (χ2v) is 4.59. The lowest BCUT2D eigenvalue weighted by Crippen LogP contribution is -2.27. The van der Waals surface area contributed by atoms with Gasteiger partial charge in [0.25, 0.3) is 0 Å². The lowest BCUT2D eigenvalue weighted by atomic mass is 10.1. The van der Waals surface area contributed by atoms with Gasteiger partial charge in [-0.05, 0) is 24.6 Å². The molecule has 0 spiro atoms. The fraction of sp³-hybridized carbons (Fsp3) is 0.357. The second kappa shape index (κ2) is 5.93. The zero-order valence-electron chi connectivity index (χ0n) is 10.4. The number of halogens is 2. The average molecular weight is 267 g/mol. The minimum Gasteiger partial charge on any atom is -0.396 e. The van der Waals surface area contributed by atoms with Crippen LogP contribution in [-0.4, -0.2) is 35.6 Å². The first kappa shape index (κ1) is 13.7. The van der Waals surface area contributed by atoms with Crippen LogP contribution in [0.15, 0.2) is 24.3 Å². The van der Waals surface area contributed by atoms with Gasteiger partial charge in [-0.2, -0.15) is 0 Å². The minimum atomic E-state index is -0.696. The Bertz CT molecular complexity index is 482. The molecular formula is C14H15F2NO2. The summed E-state index contributed by atoms with van der Waals surface area (Å²) in [5.41, 5.74) is -0.214. The molecule has 1 fully saturated rings. The number of hydrogen-bond acceptors (Lipinski definition) is 2. The van der Waals surface area contributed by atoms with Gasteiger partial charge in [-0.15, -0.1) is 0 Å². The van der Waals surface area contributed by atoms with E-state index < -0.39 is 11.6 Å². The molecule has 1 amide bonds. The normalized spacial score (nSPS) is 19.3. The number of amides is 1. The molecule has 0 aliphatic carbocycles. The third kappa shape index (κ3) is 3.17. The maximum atomic E-state index is 13.3. The van der Waals surface area contributed by atoms with Crippen LogP contribution in [0.25, 0.3) is 6.08 Å². The number of aliphatic hydroxyl groups is 1. The topological polar surface area (TPSA) is 40.5 Å². The van der Waals surface area contributed by atoms with Crippen LogP contribution in [0.3, 0.4) is 0 Å². The van der Waals surface area contributed by atoms with Crippen LogP contribution in [0.1, 0.15) is 12.0 Å². The highest BCUT2D eigenvalue weighted by atomic mass is 19.1. The van der Waals surface area contributed by atoms with Crippen LogP contribution < -0.4 is 0 Å². The van der Waals surface area contributed by atoms with Gasteiger partial charge < -0.3 is 10.0 Å². The molecule has 1 unspecified atom stereocenters. The molecule has 0 radical (unpaired) electrons. The van der Waals surface area contributed by atoms with Gasteiger partial charge in [0, 0.05) is 37.3 Å². The summed E-state index contributed by atoms with van der Waals surface area (Å²) in [6.45, 7) is 1.10. The molecule has 19 heavy (non-hydrogen) atoms. The van der Waals surface area contributed by atoms with Crippen molar-refractivity contribution < 1.29 is 18.7 Å². The zero-order chi connectivity index (χ0) is 13.8. The standard InChI is InChI=1S/C14H15F2NO2/c15-12-2-1-3-13(16)11(12)4-5-14(19)17-7-6-10(8-17)9-18/h1-5,10,18H,6-9H2/b5-4+. The molecule has 5 heteroatoms. The third-order valence-electron chi connectivity index (χ3n) is 3.25. The van der Waals surface area contributed by atoms with Crippen LogP contribution >= 0.6 is 0 Å². The Labute approximate surface area is 110 Å². The van der Waals surface area contributed by atoms with E-state index in [0.29, 0.717) is 13.1 Å². The van der Waals surface area contributed by atoms with E-state index in [0.717, 1.165) is 24.6 Å². The highest BCUT2D eigenvalue weighted by molar-refractivity contribution is 5.92. The molecule has 1 aromatic carbocycles. The Morgan fingerprint density at radius 1 is 1.42 bits per heavy atom. The van der Waals surface area contributed by atoms with E-state index in [2.05, 4.69) is 0 Å². The van der Waals surface area contributed by atoms with Gasteiger partial charge in [-0.3, -0.25) is 4.79 Å². The summed E-state index contributed by atoms with van der Waals surface area (Å²) in [5.74, 6) is -1.58. The smallest absolute Gasteiger partial charge is 0.246 e. The molecule has 2 rings (SSSR count). The van der Waals surface area contributed by atoms with Crippen LogP contribution in [-0.2, 0) is 4.79 Å². The van der Waals surface area contributed by atoms with Crippen molar-refractivity contribution >= 4 is 12.0 Å². The summed E-state index contributed by atoms with van der Waals surface area (Å²) in [5, 5.41) is 8.99. The first-order chi connectivity index (χ1) is 9.11. The molecule has 1 heterocycles. The van der Waals surface area contributed by atoms with E-state index in [9.17, 15) is 13.6 Å². The van der Waals surface area contributed by atoms with Crippen molar-refractivity contribution in [3.05, 3.63) is 41.5 Å². The number of rotatable bonds is 3. The Hall–Kier alpha value is -1.75. The Morgan fingerprint density at radius 2 is 2.11 bits per heavy atom. The Kier molecular flexibility index (Phi) is 4.27. The quantitative estimate of drug-likeness (QED) is 0.849. The van der Waals surface area contributed by atoms with Crippen molar-refractivity contribution in [1.82, 2.24) is 4.90 Å². The van der Waals surface area contributed by atoms with E-state index in [1.165, 1.54) is 12.1 Å². The molecule has 1 N–H and O–H groups in total. The van der Waals surface area contributed by atoms with Gasteiger partial charge in [0.1, 0.15) is 11.6 Å². The van der Waals surface area contributed by atoms with E-state index in [-0.39, 0.29) is 24.0 Å². The van der Waals surface area contributed by atoms with Gasteiger partial charge in [0.2, 0.25) is 5.91 Å². The van der Waals surface area contributed by atoms with E-state index >= 15 is 0 Å². The number of carbonyl (C=O) groups excluding carboxylic acids is 1. The van der Waals surface area contributed by atoms with Crippen molar-refractivity contribution in [3.63, 3.8) is 0 Å². The molecule has 1 aliphatic heterocycles. The van der Waals surface area contributed by atoms with Crippen molar-refractivity contribution in [1.29, 1.82) is 0 Å². The summed E-state index contributed by atoms with van der Waals surface area (Å²) in [6, 6.07) is 3.56. The van der Waals surface area contributed by atoms with Gasteiger partial charge in [-0.25, -0.2) is 8.78 Å². The maximum Gasteiger partial charge on any atom is 0.246 e. The van der Waals surface area contributed by atoms with Gasteiger partial charge in [0.05, 0.1) is 0 Å². The molecule has 1 aromatic rings. The number of nitrogens with zero attached hydrogens (tertiary/aromatic N) is 1. The SMILES string of the molecule is O=C(/C=C/c1c(F)cccc1F)N1CCC(CO)C1. The summed E-state index contributed by atoms with van der Waals surface area (Å²) >= 11 is 0. The highest BCUT2D eigenvalue weighted by Crippen LogP contribution is 2.17. The zero-order valence-corrected chi connectivity index (χ0v) is 10.4. The summed E-state index contributed by atoms with van der Waals surface area (Å²) in [6.07, 6.45) is 3.07. The van der Waals surface area contributed by atoms with Crippen LogP contribution in [0.2, 0.25) is 0 Å². The third-order valence-corrected chi connectivity index (χ3v) is 3.25. The minimum absolute atomic E-state index is 0.0510. The van der Waals surface area contributed by atoms with E-state index in [4.69, 9.17) is 5.11 Å². The first-order valence-electron chi connectivity index (χ1n) is 6.13. The Morgan fingerprint density at radius 3 is 2.68 bits per heavy atom. The van der Waals surface area contributed by atoms with Crippen LogP contribution in [0.5, 0.6) is 0 Å². The number of carbonyl (C=O) groups is 1. The molecule has 1 aliphatic rings. The lowest BCUT2D eigenvalue weighted by molar-refractivity contribution is -0.125. The largest absolute Gasteiger partial charge is 0.396 e. The Balaban J connectivity index is 2.05. The van der Waals surface area contributed by atoms with Crippen LogP contribution in [0.4, 0.5) is 8.78 Å². The van der Waals surface area contributed by atoms with Crippen molar-refractivity contribution in [2.45, 2.75) is 6.42 Å². The van der Waals surface area contributed by atoms with Crippen molar-refractivity contribution in [2.24, 2.45) is 5.92 Å². The fourth-order valence-corrected chi connectivity index (χ4v) is 2.11. The van der Waals surface area contributed by atoms with E-state index in [1.807, 2.05) is 0 Å². The number of aliphatic hydroxyl groups excluding tert-OH is 1. The van der Waals surface area contributed by atoms with Crippen LogP contribution in [0, 0.1) is 17.6 Å². The van der Waals surface area contributed by atoms with Crippen molar-refractivity contribution in [3.8, 4) is 0 Å². The molecule has 1 saturated heterocycles. The second-order valence-electron chi connectivity index (χ2n) is 4.59. The van der Waals surface area contributed by atoms with Gasteiger partial charge in [0.15, 0.2) is 0 Å².